The fourth-order valence-corrected chi connectivity index (χ4v) is 3.73. The number of nitriles is 1. The fourth-order valence-electron chi connectivity index (χ4n) is 2.83. The van der Waals surface area contributed by atoms with Gasteiger partial charge < -0.3 is 9.47 Å². The van der Waals surface area contributed by atoms with E-state index in [0.29, 0.717) is 42.7 Å². The number of allylic oxidation sites excluding steroid dienone is 1. The molecule has 0 aliphatic carbocycles. The lowest BCUT2D eigenvalue weighted by molar-refractivity contribution is -0.384. The van der Waals surface area contributed by atoms with Crippen molar-refractivity contribution in [3.63, 3.8) is 0 Å². The Morgan fingerprint density at radius 2 is 1.88 bits per heavy atom. The van der Waals surface area contributed by atoms with Crippen molar-refractivity contribution in [2.75, 3.05) is 7.11 Å². The predicted molar refractivity (Wildman–Crippen MR) is 128 cm³/mol. The minimum absolute atomic E-state index is 0.0452. The van der Waals surface area contributed by atoms with Gasteiger partial charge in [0.1, 0.15) is 6.61 Å². The maximum Gasteiger partial charge on any atom is 0.269 e. The van der Waals surface area contributed by atoms with Crippen LogP contribution in [0, 0.1) is 21.4 Å². The van der Waals surface area contributed by atoms with E-state index in [1.54, 1.807) is 36.4 Å². The van der Waals surface area contributed by atoms with E-state index >= 15 is 0 Å². The van der Waals surface area contributed by atoms with E-state index in [1.165, 1.54) is 31.4 Å². The number of methoxy groups -OCH3 is 1. The summed E-state index contributed by atoms with van der Waals surface area (Å²) in [6.45, 7) is 0.209. The van der Waals surface area contributed by atoms with Crippen molar-refractivity contribution in [2.24, 2.45) is 0 Å². The van der Waals surface area contributed by atoms with E-state index in [2.05, 4.69) is 22.0 Å². The lowest BCUT2D eigenvalue weighted by Crippen LogP contribution is -1.99. The summed E-state index contributed by atoms with van der Waals surface area (Å²) in [5.74, 6) is 0.946. The zero-order valence-corrected chi connectivity index (χ0v) is 19.7. The highest BCUT2D eigenvalue weighted by molar-refractivity contribution is 9.10. The first-order chi connectivity index (χ1) is 15.3. The number of hydrogen-bond donors (Lipinski definition) is 0. The van der Waals surface area contributed by atoms with Gasteiger partial charge in [-0.2, -0.15) is 5.26 Å². The Hall–Kier alpha value is -3.05. The van der Waals surface area contributed by atoms with Crippen LogP contribution in [0.25, 0.3) is 11.6 Å². The molecule has 32 heavy (non-hydrogen) atoms. The quantitative estimate of drug-likeness (QED) is 0.137. The van der Waals surface area contributed by atoms with Crippen LogP contribution in [0.3, 0.4) is 0 Å². The van der Waals surface area contributed by atoms with Gasteiger partial charge in [-0.15, -0.1) is 0 Å². The van der Waals surface area contributed by atoms with Crippen LogP contribution in [0.4, 0.5) is 5.69 Å². The number of ether oxygens (including phenoxy) is 2. The molecule has 9 heteroatoms. The Balaban J connectivity index is 1.89. The molecule has 162 valence electrons. The number of nitrogens with zero attached hydrogens (tertiary/aromatic N) is 2. The largest absolute Gasteiger partial charge is 0.493 e. The molecule has 0 N–H and O–H groups in total. The van der Waals surface area contributed by atoms with Crippen molar-refractivity contribution >= 4 is 56.5 Å². The fraction of sp³-hybridized carbons (Fsp3) is 0.0870. The van der Waals surface area contributed by atoms with Crippen LogP contribution in [0.15, 0.2) is 59.1 Å². The van der Waals surface area contributed by atoms with Crippen LogP contribution in [0.1, 0.15) is 16.7 Å². The molecule has 0 radical (unpaired) electrons. The number of non-ortho nitro benzene ring substituents is 1. The number of rotatable bonds is 7. The number of halogens is 3. The first-order valence-corrected chi connectivity index (χ1v) is 10.7. The van der Waals surface area contributed by atoms with Crippen molar-refractivity contribution in [2.45, 2.75) is 6.61 Å². The van der Waals surface area contributed by atoms with Crippen LogP contribution >= 0.6 is 39.1 Å². The van der Waals surface area contributed by atoms with Gasteiger partial charge in [0.15, 0.2) is 11.5 Å². The number of nitro groups is 1. The molecular formula is C23H15BrCl2N2O4. The molecule has 0 amide bonds. The first kappa shape index (κ1) is 23.6. The highest BCUT2D eigenvalue weighted by atomic mass is 79.9. The van der Waals surface area contributed by atoms with E-state index in [9.17, 15) is 15.4 Å². The van der Waals surface area contributed by atoms with Crippen molar-refractivity contribution in [1.82, 2.24) is 0 Å². The van der Waals surface area contributed by atoms with Crippen molar-refractivity contribution in [1.29, 1.82) is 5.26 Å². The van der Waals surface area contributed by atoms with E-state index in [4.69, 9.17) is 32.7 Å². The summed E-state index contributed by atoms with van der Waals surface area (Å²) in [5.41, 5.74) is 2.29. The number of benzene rings is 3. The Morgan fingerprint density at radius 1 is 1.16 bits per heavy atom. The van der Waals surface area contributed by atoms with Gasteiger partial charge in [0, 0.05) is 32.2 Å². The average Bonchev–Trinajstić information content (AvgIpc) is 2.78. The molecular weight excluding hydrogens is 519 g/mol. The molecule has 0 atom stereocenters. The Labute approximate surface area is 202 Å². The summed E-state index contributed by atoms with van der Waals surface area (Å²) in [7, 11) is 1.51. The SMILES string of the molecule is COc1cc(/C=C(/C#N)c2ccc([N+](=O)[O-])cc2)c(Br)cc1OCc1ccc(Cl)cc1Cl. The summed E-state index contributed by atoms with van der Waals surface area (Å²) in [4.78, 5) is 10.4. The lowest BCUT2D eigenvalue weighted by atomic mass is 10.0. The number of nitro benzene ring substituents is 1. The van der Waals surface area contributed by atoms with E-state index in [-0.39, 0.29) is 12.3 Å². The van der Waals surface area contributed by atoms with Crippen molar-refractivity contribution in [3.05, 3.63) is 95.9 Å². The predicted octanol–water partition coefficient (Wildman–Crippen LogP) is 7.32. The molecule has 3 aromatic rings. The molecule has 0 bridgehead atoms. The van der Waals surface area contributed by atoms with Gasteiger partial charge in [0.25, 0.3) is 5.69 Å². The maximum absolute atomic E-state index is 10.8. The molecule has 0 aliphatic rings. The third-order valence-electron chi connectivity index (χ3n) is 4.49. The van der Waals surface area contributed by atoms with Crippen LogP contribution in [0.5, 0.6) is 11.5 Å². The lowest BCUT2D eigenvalue weighted by Gasteiger charge is -2.14. The molecule has 3 rings (SSSR count). The molecule has 0 unspecified atom stereocenters. The highest BCUT2D eigenvalue weighted by Gasteiger charge is 2.13. The molecule has 6 nitrogen and oxygen atoms in total. The topological polar surface area (TPSA) is 85.4 Å². The standard InChI is InChI=1S/C23H15BrCl2N2O4/c1-31-22-9-16(8-17(12-27)14-3-6-19(7-4-14)28(29)30)20(24)11-23(22)32-13-15-2-5-18(25)10-21(15)26/h2-11H,13H2,1H3/b17-8-. The third-order valence-corrected chi connectivity index (χ3v) is 5.76. The van der Waals surface area contributed by atoms with Gasteiger partial charge in [-0.1, -0.05) is 45.2 Å². The van der Waals surface area contributed by atoms with Crippen molar-refractivity contribution in [3.8, 4) is 17.6 Å². The van der Waals surface area contributed by atoms with Gasteiger partial charge in [-0.25, -0.2) is 0 Å². The van der Waals surface area contributed by atoms with Crippen LogP contribution in [0.2, 0.25) is 10.0 Å². The normalized spacial score (nSPS) is 11.0. The number of hydrogen-bond acceptors (Lipinski definition) is 5. The van der Waals surface area contributed by atoms with E-state index in [1.807, 2.05) is 0 Å². The van der Waals surface area contributed by atoms with Crippen LogP contribution in [-0.4, -0.2) is 12.0 Å². The smallest absolute Gasteiger partial charge is 0.269 e. The van der Waals surface area contributed by atoms with Crippen LogP contribution < -0.4 is 9.47 Å². The Kier molecular flexibility index (Phi) is 7.75. The minimum Gasteiger partial charge on any atom is -0.493 e. The zero-order valence-electron chi connectivity index (χ0n) is 16.6. The summed E-state index contributed by atoms with van der Waals surface area (Å²) in [6.07, 6.45) is 1.66. The molecule has 0 fully saturated rings. The summed E-state index contributed by atoms with van der Waals surface area (Å²) < 4.78 is 12.0. The molecule has 0 heterocycles. The molecule has 0 spiro atoms. The average molecular weight is 534 g/mol. The molecule has 0 saturated carbocycles. The summed E-state index contributed by atoms with van der Waals surface area (Å²) in [6, 6.07) is 16.5. The molecule has 0 saturated heterocycles. The van der Waals surface area contributed by atoms with Gasteiger partial charge in [0.2, 0.25) is 0 Å². The first-order valence-electron chi connectivity index (χ1n) is 9.13. The third kappa shape index (κ3) is 5.60. The minimum atomic E-state index is -0.489. The second kappa shape index (κ2) is 10.5. The summed E-state index contributed by atoms with van der Waals surface area (Å²) in [5, 5.41) is 21.5. The molecule has 0 aromatic heterocycles. The van der Waals surface area contributed by atoms with E-state index < -0.39 is 4.92 Å². The van der Waals surface area contributed by atoms with Gasteiger partial charge in [-0.05, 0) is 53.6 Å². The van der Waals surface area contributed by atoms with Gasteiger partial charge >= 0.3 is 0 Å². The van der Waals surface area contributed by atoms with Crippen molar-refractivity contribution < 1.29 is 14.4 Å². The van der Waals surface area contributed by atoms with Gasteiger partial charge in [0.05, 0.1) is 23.7 Å². The second-order valence-electron chi connectivity index (χ2n) is 6.52. The summed E-state index contributed by atoms with van der Waals surface area (Å²) >= 11 is 15.6. The molecule has 0 aliphatic heterocycles. The molecule has 3 aromatic carbocycles. The zero-order chi connectivity index (χ0) is 23.3. The Morgan fingerprint density at radius 3 is 2.47 bits per heavy atom. The van der Waals surface area contributed by atoms with Crippen LogP contribution in [-0.2, 0) is 6.61 Å². The highest BCUT2D eigenvalue weighted by Crippen LogP contribution is 2.36. The Bertz CT molecular complexity index is 1240. The van der Waals surface area contributed by atoms with E-state index in [0.717, 1.165) is 5.56 Å². The second-order valence-corrected chi connectivity index (χ2v) is 8.22. The van der Waals surface area contributed by atoms with Gasteiger partial charge in [-0.3, -0.25) is 10.1 Å². The monoisotopic (exact) mass is 532 g/mol. The maximum atomic E-state index is 10.8.